The Kier molecular flexibility index (Phi) is 6.87. The van der Waals surface area contributed by atoms with Crippen LogP contribution in [0, 0.1) is 19.7 Å². The first-order valence-electron chi connectivity index (χ1n) is 12.2. The van der Waals surface area contributed by atoms with E-state index in [4.69, 9.17) is 13.9 Å². The Balaban J connectivity index is 1.44. The largest absolute Gasteiger partial charge is 0.497 e. The van der Waals surface area contributed by atoms with E-state index < -0.39 is 12.1 Å². The van der Waals surface area contributed by atoms with Gasteiger partial charge < -0.3 is 19.2 Å². The number of benzene rings is 3. The summed E-state index contributed by atoms with van der Waals surface area (Å²) >= 11 is 0. The second-order valence-corrected chi connectivity index (χ2v) is 9.18. The number of hydrogen-bond donors (Lipinski definition) is 1. The number of carbonyl (C=O) groups is 1. The Morgan fingerprint density at radius 2 is 1.82 bits per heavy atom. The van der Waals surface area contributed by atoms with Crippen LogP contribution in [0.25, 0.3) is 16.6 Å². The number of aromatic nitrogens is 2. The molecule has 1 N–H and O–H groups in total. The first kappa shape index (κ1) is 25.1. The summed E-state index contributed by atoms with van der Waals surface area (Å²) in [7, 11) is 1.61. The van der Waals surface area contributed by atoms with Crippen LogP contribution in [0.4, 0.5) is 4.39 Å². The van der Waals surface area contributed by atoms with Crippen molar-refractivity contribution < 1.29 is 23.1 Å². The van der Waals surface area contributed by atoms with Crippen LogP contribution in [-0.2, 0) is 0 Å². The maximum absolute atomic E-state index is 13.4. The molecule has 5 rings (SSSR count). The number of hydrogen-bond acceptors (Lipinski definition) is 5. The summed E-state index contributed by atoms with van der Waals surface area (Å²) < 4.78 is 32.6. The molecule has 0 bridgehead atoms. The van der Waals surface area contributed by atoms with E-state index >= 15 is 0 Å². The lowest BCUT2D eigenvalue weighted by atomic mass is 10.0. The van der Waals surface area contributed by atoms with Gasteiger partial charge in [0.2, 0.25) is 0 Å². The molecule has 0 spiro atoms. The topological polar surface area (TPSA) is 78.5 Å². The van der Waals surface area contributed by atoms with Gasteiger partial charge in [0, 0.05) is 5.39 Å². The molecular weight excluding hydrogens is 485 g/mol. The minimum absolute atomic E-state index is 0.255. The zero-order chi connectivity index (χ0) is 26.8. The van der Waals surface area contributed by atoms with Crippen LogP contribution in [-0.4, -0.2) is 28.8 Å². The maximum Gasteiger partial charge on any atom is 0.287 e. The van der Waals surface area contributed by atoms with Crippen molar-refractivity contribution in [3.05, 3.63) is 107 Å². The Bertz CT molecular complexity index is 1570. The minimum atomic E-state index is -0.532. The van der Waals surface area contributed by atoms with Crippen LogP contribution < -0.4 is 14.8 Å². The fourth-order valence-electron chi connectivity index (χ4n) is 4.33. The van der Waals surface area contributed by atoms with E-state index in [1.54, 1.807) is 36.2 Å². The quantitative estimate of drug-likeness (QED) is 0.263. The third-order valence-electron chi connectivity index (χ3n) is 6.50. The number of ether oxygens (including phenoxy) is 2. The monoisotopic (exact) mass is 513 g/mol. The van der Waals surface area contributed by atoms with Gasteiger partial charge in [0.1, 0.15) is 29.2 Å². The van der Waals surface area contributed by atoms with Crippen molar-refractivity contribution in [2.24, 2.45) is 0 Å². The highest BCUT2D eigenvalue weighted by atomic mass is 19.1. The van der Waals surface area contributed by atoms with E-state index in [1.165, 1.54) is 12.1 Å². The third kappa shape index (κ3) is 5.11. The van der Waals surface area contributed by atoms with Crippen molar-refractivity contribution in [1.29, 1.82) is 0 Å². The predicted molar refractivity (Wildman–Crippen MR) is 143 cm³/mol. The van der Waals surface area contributed by atoms with E-state index in [0.29, 0.717) is 17.3 Å². The molecule has 0 unspecified atom stereocenters. The van der Waals surface area contributed by atoms with E-state index in [0.717, 1.165) is 27.7 Å². The molecule has 0 saturated heterocycles. The highest BCUT2D eigenvalue weighted by Crippen LogP contribution is 2.30. The van der Waals surface area contributed by atoms with Gasteiger partial charge in [0.15, 0.2) is 5.76 Å². The Morgan fingerprint density at radius 1 is 1.03 bits per heavy atom. The fourth-order valence-corrected chi connectivity index (χ4v) is 4.33. The van der Waals surface area contributed by atoms with Gasteiger partial charge in [-0.3, -0.25) is 4.79 Å². The van der Waals surface area contributed by atoms with E-state index in [1.807, 2.05) is 63.2 Å². The van der Waals surface area contributed by atoms with Crippen molar-refractivity contribution in [1.82, 2.24) is 15.1 Å². The molecule has 7 nitrogen and oxygen atoms in total. The first-order chi connectivity index (χ1) is 18.3. The molecule has 0 radical (unpaired) electrons. The van der Waals surface area contributed by atoms with Gasteiger partial charge in [0.25, 0.3) is 5.91 Å². The summed E-state index contributed by atoms with van der Waals surface area (Å²) in [6, 6.07) is 20.7. The van der Waals surface area contributed by atoms with Gasteiger partial charge in [-0.05, 0) is 92.6 Å². The normalized spacial score (nSPS) is 12.8. The molecule has 0 aliphatic heterocycles. The van der Waals surface area contributed by atoms with Crippen LogP contribution in [0.5, 0.6) is 11.5 Å². The SMILES string of the molecule is COc1cccc([C@H](Oc2ccc3c(cnn3-c3ccc(F)cc3)c2)[C@H](C)NC(=O)c2cc(C)c(C)o2)c1. The number of rotatable bonds is 8. The molecule has 2 heterocycles. The molecule has 0 saturated carbocycles. The zero-order valence-corrected chi connectivity index (χ0v) is 21.6. The average Bonchev–Trinajstić information content (AvgIpc) is 3.50. The smallest absolute Gasteiger partial charge is 0.287 e. The minimum Gasteiger partial charge on any atom is -0.497 e. The number of methoxy groups -OCH3 is 1. The van der Waals surface area contributed by atoms with Gasteiger partial charge in [-0.25, -0.2) is 9.07 Å². The fraction of sp³-hybridized carbons (Fsp3) is 0.200. The van der Waals surface area contributed by atoms with Crippen molar-refractivity contribution >= 4 is 16.8 Å². The van der Waals surface area contributed by atoms with E-state index in [9.17, 15) is 9.18 Å². The average molecular weight is 514 g/mol. The molecule has 38 heavy (non-hydrogen) atoms. The van der Waals surface area contributed by atoms with Crippen LogP contribution in [0.2, 0.25) is 0 Å². The summed E-state index contributed by atoms with van der Waals surface area (Å²) in [6.45, 7) is 5.61. The van der Waals surface area contributed by atoms with Gasteiger partial charge in [-0.2, -0.15) is 5.10 Å². The lowest BCUT2D eigenvalue weighted by Gasteiger charge is -2.26. The summed E-state index contributed by atoms with van der Waals surface area (Å²) in [6.07, 6.45) is 1.20. The lowest BCUT2D eigenvalue weighted by molar-refractivity contribution is 0.0853. The summed E-state index contributed by atoms with van der Waals surface area (Å²) in [5, 5.41) is 8.34. The molecule has 0 fully saturated rings. The number of furan rings is 1. The number of nitrogens with zero attached hydrogens (tertiary/aromatic N) is 2. The number of fused-ring (bicyclic) bond motifs is 1. The van der Waals surface area contributed by atoms with Gasteiger partial charge in [0.05, 0.1) is 30.6 Å². The molecule has 5 aromatic rings. The molecule has 0 aliphatic carbocycles. The van der Waals surface area contributed by atoms with Crippen molar-refractivity contribution in [2.45, 2.75) is 32.9 Å². The van der Waals surface area contributed by atoms with Crippen LogP contribution in [0.15, 0.2) is 83.4 Å². The molecule has 3 aromatic carbocycles. The predicted octanol–water partition coefficient (Wildman–Crippen LogP) is 6.32. The number of carbonyl (C=O) groups excluding carboxylic acids is 1. The number of aryl methyl sites for hydroxylation is 2. The summed E-state index contributed by atoms with van der Waals surface area (Å²) in [4.78, 5) is 12.9. The van der Waals surface area contributed by atoms with Gasteiger partial charge >= 0.3 is 0 Å². The maximum atomic E-state index is 13.4. The molecule has 0 aliphatic rings. The molecule has 194 valence electrons. The molecule has 2 atom stereocenters. The zero-order valence-electron chi connectivity index (χ0n) is 21.6. The van der Waals surface area contributed by atoms with Crippen molar-refractivity contribution in [3.63, 3.8) is 0 Å². The molecule has 1 amide bonds. The Hall–Kier alpha value is -4.59. The molecule has 8 heteroatoms. The van der Waals surface area contributed by atoms with E-state index in [2.05, 4.69) is 10.4 Å². The Morgan fingerprint density at radius 3 is 2.53 bits per heavy atom. The Labute approximate surface area is 219 Å². The van der Waals surface area contributed by atoms with Crippen LogP contribution in [0.1, 0.15) is 40.5 Å². The lowest BCUT2D eigenvalue weighted by Crippen LogP contribution is -2.39. The first-order valence-corrected chi connectivity index (χ1v) is 12.2. The van der Waals surface area contributed by atoms with Crippen LogP contribution >= 0.6 is 0 Å². The summed E-state index contributed by atoms with van der Waals surface area (Å²) in [5.41, 5.74) is 3.36. The highest BCUT2D eigenvalue weighted by Gasteiger charge is 2.26. The van der Waals surface area contributed by atoms with E-state index in [-0.39, 0.29) is 17.5 Å². The van der Waals surface area contributed by atoms with Crippen LogP contribution in [0.3, 0.4) is 0 Å². The highest BCUT2D eigenvalue weighted by molar-refractivity contribution is 5.92. The third-order valence-corrected chi connectivity index (χ3v) is 6.50. The number of halogens is 1. The number of nitrogens with one attached hydrogen (secondary N) is 1. The second-order valence-electron chi connectivity index (χ2n) is 9.18. The van der Waals surface area contributed by atoms with Gasteiger partial charge in [-0.15, -0.1) is 0 Å². The standard InChI is InChI=1S/C30H28FN3O4/c1-18-14-28(37-20(18)3)30(35)33-19(2)29(21-6-5-7-25(15-21)36-4)38-26-12-13-27-22(16-26)17-32-34(27)24-10-8-23(31)9-11-24/h5-17,19,29H,1-4H3,(H,33,35)/t19-,29+/m0/s1. The number of amides is 1. The summed E-state index contributed by atoms with van der Waals surface area (Å²) in [5.74, 6) is 1.63. The molecular formula is C30H28FN3O4. The van der Waals surface area contributed by atoms with Crippen molar-refractivity contribution in [3.8, 4) is 17.2 Å². The van der Waals surface area contributed by atoms with Gasteiger partial charge in [-0.1, -0.05) is 12.1 Å². The molecule has 2 aromatic heterocycles. The van der Waals surface area contributed by atoms with Crippen molar-refractivity contribution in [2.75, 3.05) is 7.11 Å². The second kappa shape index (κ2) is 10.4.